The zero-order valence-electron chi connectivity index (χ0n) is 15.7. The van der Waals surface area contributed by atoms with Crippen LogP contribution in [0.2, 0.25) is 10.0 Å². The van der Waals surface area contributed by atoms with Gasteiger partial charge in [-0.15, -0.1) is 0 Å². The molecule has 0 bridgehead atoms. The summed E-state index contributed by atoms with van der Waals surface area (Å²) in [6.45, 7) is 1.15. The van der Waals surface area contributed by atoms with Crippen LogP contribution < -0.4 is 10.9 Å². The Kier molecular flexibility index (Phi) is 7.32. The quantitative estimate of drug-likeness (QED) is 0.648. The van der Waals surface area contributed by atoms with Crippen molar-refractivity contribution >= 4 is 45.0 Å². The number of benzene rings is 2. The van der Waals surface area contributed by atoms with E-state index >= 15 is 0 Å². The van der Waals surface area contributed by atoms with Gasteiger partial charge >= 0.3 is 0 Å². The fraction of sp³-hybridized carbons (Fsp3) is 0.263. The van der Waals surface area contributed by atoms with Crippen molar-refractivity contribution in [1.82, 2.24) is 15.2 Å². The van der Waals surface area contributed by atoms with Gasteiger partial charge in [-0.3, -0.25) is 20.4 Å². The molecular weight excluding hydrogens is 453 g/mol. The molecule has 160 valence electrons. The average Bonchev–Trinajstić information content (AvgIpc) is 2.74. The third kappa shape index (κ3) is 5.50. The summed E-state index contributed by atoms with van der Waals surface area (Å²) in [6, 6.07) is 10.4. The summed E-state index contributed by atoms with van der Waals surface area (Å²) >= 11 is 11.9. The number of carbonyl (C=O) groups excluding carboxylic acids is 2. The Balaban J connectivity index is 1.63. The minimum absolute atomic E-state index is 0.00340. The molecule has 30 heavy (non-hydrogen) atoms. The second kappa shape index (κ2) is 9.76. The van der Waals surface area contributed by atoms with Gasteiger partial charge in [-0.25, -0.2) is 8.42 Å². The molecule has 1 heterocycles. The normalized spacial score (nSPS) is 14.9. The predicted molar refractivity (Wildman–Crippen MR) is 112 cm³/mol. The van der Waals surface area contributed by atoms with Crippen LogP contribution >= 0.6 is 23.2 Å². The molecule has 1 aliphatic rings. The monoisotopic (exact) mass is 471 g/mol. The van der Waals surface area contributed by atoms with Crippen LogP contribution in [-0.4, -0.2) is 50.8 Å². The highest BCUT2D eigenvalue weighted by molar-refractivity contribution is 7.89. The first-order valence-corrected chi connectivity index (χ1v) is 11.2. The smallest absolute Gasteiger partial charge is 0.269 e. The summed E-state index contributed by atoms with van der Waals surface area (Å²) in [5.41, 5.74) is 5.20. The van der Waals surface area contributed by atoms with Crippen molar-refractivity contribution < 1.29 is 22.7 Å². The van der Waals surface area contributed by atoms with E-state index in [1.807, 2.05) is 0 Å². The molecule has 1 aliphatic heterocycles. The second-order valence-corrected chi connectivity index (χ2v) is 9.24. The molecule has 2 aromatic carbocycles. The third-order valence-corrected chi connectivity index (χ3v) is 6.87. The van der Waals surface area contributed by atoms with E-state index in [2.05, 4.69) is 10.9 Å². The molecule has 0 atom stereocenters. The Hall–Kier alpha value is -2.17. The molecule has 2 aromatic rings. The number of hydrogen-bond donors (Lipinski definition) is 2. The number of nitrogens with one attached hydrogen (secondary N) is 2. The predicted octanol–water partition coefficient (Wildman–Crippen LogP) is 2.02. The third-order valence-electron chi connectivity index (χ3n) is 4.39. The number of carbonyl (C=O) groups is 2. The van der Waals surface area contributed by atoms with Crippen molar-refractivity contribution in [2.45, 2.75) is 11.3 Å². The van der Waals surface area contributed by atoms with E-state index in [1.54, 1.807) is 12.1 Å². The van der Waals surface area contributed by atoms with Gasteiger partial charge in [-0.2, -0.15) is 4.31 Å². The van der Waals surface area contributed by atoms with Gasteiger partial charge < -0.3 is 4.74 Å². The molecule has 0 unspecified atom stereocenters. The number of rotatable bonds is 5. The number of amides is 2. The van der Waals surface area contributed by atoms with Gasteiger partial charge in [-0.05, 0) is 35.9 Å². The Morgan fingerprint density at radius 1 is 1.03 bits per heavy atom. The van der Waals surface area contributed by atoms with Crippen molar-refractivity contribution in [3.63, 3.8) is 0 Å². The summed E-state index contributed by atoms with van der Waals surface area (Å²) < 4.78 is 32.0. The van der Waals surface area contributed by atoms with E-state index in [9.17, 15) is 18.0 Å². The zero-order chi connectivity index (χ0) is 21.7. The zero-order valence-corrected chi connectivity index (χ0v) is 18.1. The van der Waals surface area contributed by atoms with Crippen LogP contribution in [0, 0.1) is 0 Å². The Morgan fingerprint density at radius 3 is 2.47 bits per heavy atom. The highest BCUT2D eigenvalue weighted by Gasteiger charge is 2.26. The largest absolute Gasteiger partial charge is 0.379 e. The molecule has 8 nitrogen and oxygen atoms in total. The molecule has 0 saturated carbocycles. The summed E-state index contributed by atoms with van der Waals surface area (Å²) in [6.07, 6.45) is -0.0677. The molecule has 2 N–H and O–H groups in total. The van der Waals surface area contributed by atoms with Crippen molar-refractivity contribution in [1.29, 1.82) is 0 Å². The SMILES string of the molecule is O=C(Cc1ccc(Cl)cc1Cl)NNC(=O)c1cccc(S(=O)(=O)N2CCOCC2)c1. The highest BCUT2D eigenvalue weighted by Crippen LogP contribution is 2.21. The van der Waals surface area contributed by atoms with Gasteiger partial charge in [0.1, 0.15) is 0 Å². The first-order chi connectivity index (χ1) is 14.3. The van der Waals surface area contributed by atoms with Crippen molar-refractivity contribution in [3.05, 3.63) is 63.6 Å². The van der Waals surface area contributed by atoms with Crippen LogP contribution in [0.5, 0.6) is 0 Å². The molecular formula is C19H19Cl2N3O5S. The lowest BCUT2D eigenvalue weighted by atomic mass is 10.1. The van der Waals surface area contributed by atoms with Crippen LogP contribution in [0.15, 0.2) is 47.4 Å². The number of sulfonamides is 1. The van der Waals surface area contributed by atoms with Gasteiger partial charge in [0.25, 0.3) is 5.91 Å². The number of halogens is 2. The summed E-state index contributed by atoms with van der Waals surface area (Å²) in [5, 5.41) is 0.786. The Morgan fingerprint density at radius 2 is 1.77 bits per heavy atom. The topological polar surface area (TPSA) is 105 Å². The summed E-state index contributed by atoms with van der Waals surface area (Å²) in [5.74, 6) is -1.14. The summed E-state index contributed by atoms with van der Waals surface area (Å²) in [4.78, 5) is 24.5. The molecule has 0 spiro atoms. The number of hydrazine groups is 1. The van der Waals surface area contributed by atoms with Gasteiger partial charge in [-0.1, -0.05) is 35.3 Å². The van der Waals surface area contributed by atoms with E-state index in [0.717, 1.165) is 0 Å². The second-order valence-electron chi connectivity index (χ2n) is 6.46. The first-order valence-electron chi connectivity index (χ1n) is 8.98. The van der Waals surface area contributed by atoms with Crippen molar-refractivity contribution in [2.75, 3.05) is 26.3 Å². The van der Waals surface area contributed by atoms with E-state index in [-0.39, 0.29) is 30.0 Å². The highest BCUT2D eigenvalue weighted by atomic mass is 35.5. The van der Waals surface area contributed by atoms with Crippen LogP contribution in [0.25, 0.3) is 0 Å². The molecule has 0 aromatic heterocycles. The van der Waals surface area contributed by atoms with Crippen LogP contribution in [0.1, 0.15) is 15.9 Å². The van der Waals surface area contributed by atoms with Gasteiger partial charge in [0.15, 0.2) is 0 Å². The molecule has 0 radical (unpaired) electrons. The van der Waals surface area contributed by atoms with Gasteiger partial charge in [0.05, 0.1) is 24.5 Å². The Bertz CT molecular complexity index is 1060. The molecule has 1 saturated heterocycles. The fourth-order valence-electron chi connectivity index (χ4n) is 2.81. The standard InChI is InChI=1S/C19H19Cl2N3O5S/c20-15-5-4-13(17(21)12-15)11-18(25)22-23-19(26)14-2-1-3-16(10-14)30(27,28)24-6-8-29-9-7-24/h1-5,10,12H,6-9,11H2,(H,22,25)(H,23,26). The number of morpholine rings is 1. The number of nitrogens with zero attached hydrogens (tertiary/aromatic N) is 1. The Labute approximate surface area is 184 Å². The van der Waals surface area contributed by atoms with E-state index in [1.165, 1.54) is 34.6 Å². The average molecular weight is 472 g/mol. The minimum Gasteiger partial charge on any atom is -0.379 e. The van der Waals surface area contributed by atoms with E-state index < -0.39 is 21.8 Å². The lowest BCUT2D eigenvalue weighted by Crippen LogP contribution is -2.42. The maximum absolute atomic E-state index is 12.7. The maximum Gasteiger partial charge on any atom is 0.269 e. The molecule has 0 aliphatic carbocycles. The number of ether oxygens (including phenoxy) is 1. The van der Waals surface area contributed by atoms with Crippen molar-refractivity contribution in [2.24, 2.45) is 0 Å². The fourth-order valence-corrected chi connectivity index (χ4v) is 4.74. The van der Waals surface area contributed by atoms with E-state index in [0.29, 0.717) is 28.8 Å². The van der Waals surface area contributed by atoms with Gasteiger partial charge in [0.2, 0.25) is 15.9 Å². The molecule has 3 rings (SSSR count). The molecule has 2 amide bonds. The molecule has 1 fully saturated rings. The molecule has 11 heteroatoms. The summed E-state index contributed by atoms with van der Waals surface area (Å²) in [7, 11) is -3.74. The van der Waals surface area contributed by atoms with Crippen LogP contribution in [0.4, 0.5) is 0 Å². The van der Waals surface area contributed by atoms with E-state index in [4.69, 9.17) is 27.9 Å². The first kappa shape index (κ1) is 22.5. The van der Waals surface area contributed by atoms with Crippen molar-refractivity contribution in [3.8, 4) is 0 Å². The maximum atomic E-state index is 12.7. The van der Waals surface area contributed by atoms with Crippen LogP contribution in [0.3, 0.4) is 0 Å². The van der Waals surface area contributed by atoms with Gasteiger partial charge in [0, 0.05) is 28.7 Å². The minimum atomic E-state index is -3.74. The lowest BCUT2D eigenvalue weighted by Gasteiger charge is -2.26. The number of hydrogen-bond acceptors (Lipinski definition) is 5. The van der Waals surface area contributed by atoms with Crippen LogP contribution in [-0.2, 0) is 26.0 Å². The lowest BCUT2D eigenvalue weighted by molar-refractivity contribution is -0.121.